The normalized spacial score (nSPS) is 12.4. The number of nitrogens with zero attached hydrogens (tertiary/aromatic N) is 2. The highest BCUT2D eigenvalue weighted by molar-refractivity contribution is 6.35. The Kier molecular flexibility index (Phi) is 3.94. The number of aromatic nitrogens is 2. The first kappa shape index (κ1) is 12.3. The van der Waals surface area contributed by atoms with Crippen LogP contribution in [0.15, 0.2) is 36.8 Å². The fourth-order valence-electron chi connectivity index (χ4n) is 1.53. The third-order valence-corrected chi connectivity index (χ3v) is 3.00. The van der Waals surface area contributed by atoms with Crippen molar-refractivity contribution in [3.63, 3.8) is 0 Å². The van der Waals surface area contributed by atoms with Gasteiger partial charge in [0.05, 0.1) is 11.7 Å². The van der Waals surface area contributed by atoms with E-state index in [1.165, 1.54) is 0 Å². The summed E-state index contributed by atoms with van der Waals surface area (Å²) in [4.78, 5) is 8.15. The van der Waals surface area contributed by atoms with Crippen LogP contribution in [0.4, 0.5) is 0 Å². The van der Waals surface area contributed by atoms with Crippen LogP contribution in [-0.4, -0.2) is 9.97 Å². The number of benzene rings is 1. The van der Waals surface area contributed by atoms with E-state index in [0.29, 0.717) is 16.5 Å². The lowest BCUT2D eigenvalue weighted by Gasteiger charge is -2.11. The minimum Gasteiger partial charge on any atom is -0.322 e. The molecule has 0 fully saturated rings. The average Bonchev–Trinajstić information content (AvgIpc) is 2.34. The summed E-state index contributed by atoms with van der Waals surface area (Å²) >= 11 is 11.9. The Morgan fingerprint density at radius 2 is 2.06 bits per heavy atom. The molecule has 0 aliphatic heterocycles. The Morgan fingerprint density at radius 1 is 1.24 bits per heavy atom. The molecule has 0 saturated carbocycles. The molecule has 2 rings (SSSR count). The molecule has 88 valence electrons. The van der Waals surface area contributed by atoms with Gasteiger partial charge in [0.1, 0.15) is 0 Å². The van der Waals surface area contributed by atoms with Gasteiger partial charge in [0.25, 0.3) is 0 Å². The van der Waals surface area contributed by atoms with Crippen molar-refractivity contribution >= 4 is 23.2 Å². The molecular formula is C12H11Cl2N3. The smallest absolute Gasteiger partial charge is 0.0757 e. The lowest BCUT2D eigenvalue weighted by atomic mass is 10.0. The van der Waals surface area contributed by atoms with Crippen LogP contribution in [0.5, 0.6) is 0 Å². The minimum atomic E-state index is -0.220. The van der Waals surface area contributed by atoms with Crippen LogP contribution in [0.3, 0.4) is 0 Å². The summed E-state index contributed by atoms with van der Waals surface area (Å²) in [6.07, 6.45) is 5.51. The van der Waals surface area contributed by atoms with Gasteiger partial charge in [0.15, 0.2) is 0 Å². The third-order valence-electron chi connectivity index (χ3n) is 2.42. The Balaban J connectivity index is 2.16. The molecule has 0 saturated heterocycles. The quantitative estimate of drug-likeness (QED) is 0.930. The molecule has 2 aromatic rings. The van der Waals surface area contributed by atoms with Crippen molar-refractivity contribution in [3.8, 4) is 0 Å². The van der Waals surface area contributed by atoms with Crippen LogP contribution in [-0.2, 0) is 6.42 Å². The molecule has 0 spiro atoms. The van der Waals surface area contributed by atoms with Gasteiger partial charge in [-0.25, -0.2) is 0 Å². The summed E-state index contributed by atoms with van der Waals surface area (Å²) in [6, 6.07) is 5.16. The van der Waals surface area contributed by atoms with Crippen molar-refractivity contribution < 1.29 is 0 Å². The van der Waals surface area contributed by atoms with Crippen molar-refractivity contribution in [1.82, 2.24) is 9.97 Å². The van der Waals surface area contributed by atoms with E-state index in [9.17, 15) is 0 Å². The van der Waals surface area contributed by atoms with E-state index in [2.05, 4.69) is 9.97 Å². The number of nitrogens with two attached hydrogens (primary N) is 1. The van der Waals surface area contributed by atoms with E-state index in [1.54, 1.807) is 30.7 Å². The van der Waals surface area contributed by atoms with Gasteiger partial charge < -0.3 is 5.73 Å². The van der Waals surface area contributed by atoms with Gasteiger partial charge in [0, 0.05) is 28.6 Å². The summed E-state index contributed by atoms with van der Waals surface area (Å²) in [6.45, 7) is 0. The van der Waals surface area contributed by atoms with Gasteiger partial charge in [-0.05, 0) is 24.1 Å². The lowest BCUT2D eigenvalue weighted by molar-refractivity contribution is 0.691. The van der Waals surface area contributed by atoms with Crippen LogP contribution in [0.2, 0.25) is 10.0 Å². The van der Waals surface area contributed by atoms with Crippen LogP contribution >= 0.6 is 23.2 Å². The molecule has 17 heavy (non-hydrogen) atoms. The second kappa shape index (κ2) is 5.45. The highest BCUT2D eigenvalue weighted by Gasteiger charge is 2.11. The molecule has 0 radical (unpaired) electrons. The fourth-order valence-corrected chi connectivity index (χ4v) is 2.02. The van der Waals surface area contributed by atoms with Crippen molar-refractivity contribution in [1.29, 1.82) is 0 Å². The molecule has 0 bridgehead atoms. The molecule has 1 heterocycles. The van der Waals surface area contributed by atoms with Crippen LogP contribution in [0, 0.1) is 0 Å². The standard InChI is InChI=1S/C12H11Cl2N3/c13-9-2-1-8(10(14)6-9)5-11(15)12-7-16-3-4-17-12/h1-4,6-7,11H,5,15H2. The van der Waals surface area contributed by atoms with E-state index in [4.69, 9.17) is 28.9 Å². The fraction of sp³-hybridized carbons (Fsp3) is 0.167. The van der Waals surface area contributed by atoms with Gasteiger partial charge in [-0.3, -0.25) is 9.97 Å². The first-order chi connectivity index (χ1) is 8.16. The first-order valence-corrected chi connectivity index (χ1v) is 5.88. The van der Waals surface area contributed by atoms with Gasteiger partial charge >= 0.3 is 0 Å². The van der Waals surface area contributed by atoms with E-state index < -0.39 is 0 Å². The van der Waals surface area contributed by atoms with Crippen molar-refractivity contribution in [2.75, 3.05) is 0 Å². The summed E-state index contributed by atoms with van der Waals surface area (Å²) in [5.41, 5.74) is 7.74. The van der Waals surface area contributed by atoms with Crippen molar-refractivity contribution in [2.45, 2.75) is 12.5 Å². The number of rotatable bonds is 3. The Morgan fingerprint density at radius 3 is 2.71 bits per heavy atom. The molecular weight excluding hydrogens is 257 g/mol. The summed E-state index contributed by atoms with van der Waals surface area (Å²) in [5.74, 6) is 0. The molecule has 0 amide bonds. The third kappa shape index (κ3) is 3.16. The monoisotopic (exact) mass is 267 g/mol. The van der Waals surface area contributed by atoms with Crippen LogP contribution in [0.1, 0.15) is 17.3 Å². The molecule has 1 unspecified atom stereocenters. The molecule has 1 aromatic carbocycles. The summed E-state index contributed by atoms with van der Waals surface area (Å²) in [7, 11) is 0. The van der Waals surface area contributed by atoms with Crippen LogP contribution in [0.25, 0.3) is 0 Å². The van der Waals surface area contributed by atoms with E-state index in [-0.39, 0.29) is 6.04 Å². The Hall–Kier alpha value is -1.16. The van der Waals surface area contributed by atoms with Gasteiger partial charge in [0.2, 0.25) is 0 Å². The predicted octanol–water partition coefficient (Wildman–Crippen LogP) is 3.03. The molecule has 0 aliphatic carbocycles. The molecule has 3 nitrogen and oxygen atoms in total. The van der Waals surface area contributed by atoms with Gasteiger partial charge in [-0.2, -0.15) is 0 Å². The van der Waals surface area contributed by atoms with E-state index in [1.807, 2.05) is 6.07 Å². The van der Waals surface area contributed by atoms with Gasteiger partial charge in [-0.15, -0.1) is 0 Å². The van der Waals surface area contributed by atoms with Crippen LogP contribution < -0.4 is 5.73 Å². The van der Waals surface area contributed by atoms with E-state index in [0.717, 1.165) is 11.3 Å². The molecule has 1 atom stereocenters. The largest absolute Gasteiger partial charge is 0.322 e. The average molecular weight is 268 g/mol. The first-order valence-electron chi connectivity index (χ1n) is 5.12. The Bertz CT molecular complexity index is 502. The molecule has 2 N–H and O–H groups in total. The number of halogens is 2. The zero-order valence-corrected chi connectivity index (χ0v) is 10.5. The van der Waals surface area contributed by atoms with Gasteiger partial charge in [-0.1, -0.05) is 29.3 Å². The molecule has 5 heteroatoms. The SMILES string of the molecule is NC(Cc1ccc(Cl)cc1Cl)c1cnccn1. The summed E-state index contributed by atoms with van der Waals surface area (Å²) in [5, 5.41) is 1.24. The summed E-state index contributed by atoms with van der Waals surface area (Å²) < 4.78 is 0. The predicted molar refractivity (Wildman–Crippen MR) is 69.1 cm³/mol. The maximum absolute atomic E-state index is 6.09. The Labute approximate surface area is 110 Å². The van der Waals surface area contributed by atoms with Crippen molar-refractivity contribution in [3.05, 3.63) is 58.1 Å². The maximum atomic E-state index is 6.09. The highest BCUT2D eigenvalue weighted by atomic mass is 35.5. The molecule has 1 aromatic heterocycles. The number of hydrogen-bond donors (Lipinski definition) is 1. The second-order valence-corrected chi connectivity index (χ2v) is 4.52. The second-order valence-electron chi connectivity index (χ2n) is 3.68. The highest BCUT2D eigenvalue weighted by Crippen LogP contribution is 2.24. The lowest BCUT2D eigenvalue weighted by Crippen LogP contribution is -2.15. The van der Waals surface area contributed by atoms with E-state index >= 15 is 0 Å². The van der Waals surface area contributed by atoms with Crippen molar-refractivity contribution in [2.24, 2.45) is 5.73 Å². The zero-order valence-electron chi connectivity index (χ0n) is 8.98. The molecule has 0 aliphatic rings. The zero-order chi connectivity index (χ0) is 12.3. The number of hydrogen-bond acceptors (Lipinski definition) is 3. The minimum absolute atomic E-state index is 0.220. The maximum Gasteiger partial charge on any atom is 0.0757 e. The topological polar surface area (TPSA) is 51.8 Å².